The zero-order valence-corrected chi connectivity index (χ0v) is 24.0. The Labute approximate surface area is 233 Å². The van der Waals surface area contributed by atoms with E-state index in [-0.39, 0.29) is 29.3 Å². The molecule has 1 atom stereocenters. The molecule has 2 aromatic rings. The highest BCUT2D eigenvalue weighted by Crippen LogP contribution is 2.41. The second kappa shape index (κ2) is 11.7. The van der Waals surface area contributed by atoms with Crippen LogP contribution in [0.25, 0.3) is 0 Å². The number of halogens is 1. The molecule has 3 N–H and O–H groups in total. The van der Waals surface area contributed by atoms with Gasteiger partial charge in [0.1, 0.15) is 17.3 Å². The summed E-state index contributed by atoms with van der Waals surface area (Å²) in [4.78, 5) is 28.6. The molecule has 206 valence electrons. The first-order valence-electron chi connectivity index (χ1n) is 12.6. The molecule has 0 aromatic heterocycles. The average molecular weight is 591 g/mol. The number of fused-ring (bicyclic) bond motifs is 1. The highest BCUT2D eigenvalue weighted by Gasteiger charge is 2.32. The normalized spacial score (nSPS) is 16.8. The molecular weight excluding hydrogens is 554 g/mol. The Balaban J connectivity index is 0.00000400. The fraction of sp³-hybridized carbons (Fsp3) is 0.464. The van der Waals surface area contributed by atoms with E-state index in [0.29, 0.717) is 55.5 Å². The Kier molecular flexibility index (Phi) is 9.09. The summed E-state index contributed by atoms with van der Waals surface area (Å²) in [6.45, 7) is 9.32. The number of β-amino-alcohol motifs (C(OH)–C–C–N with tert-alkyl or cyclic N) is 1. The van der Waals surface area contributed by atoms with Crippen LogP contribution in [0.1, 0.15) is 61.2 Å². The van der Waals surface area contributed by atoms with E-state index in [1.165, 1.54) is 0 Å². The van der Waals surface area contributed by atoms with E-state index in [0.717, 1.165) is 22.4 Å². The number of nitrogens with zero attached hydrogens (tertiary/aromatic N) is 2. The maximum atomic E-state index is 13.6. The number of amidine groups is 1. The van der Waals surface area contributed by atoms with Crippen LogP contribution in [0.15, 0.2) is 30.3 Å². The largest absolute Gasteiger partial charge is 0.494 e. The number of nitrogens with one attached hydrogen (secondary N) is 1. The van der Waals surface area contributed by atoms with E-state index < -0.39 is 24.1 Å². The third-order valence-electron chi connectivity index (χ3n) is 6.70. The van der Waals surface area contributed by atoms with Crippen LogP contribution in [0.4, 0.5) is 5.69 Å². The van der Waals surface area contributed by atoms with Crippen molar-refractivity contribution >= 4 is 40.3 Å². The molecule has 2 aliphatic heterocycles. The number of rotatable bonds is 9. The molecule has 10 heteroatoms. The van der Waals surface area contributed by atoms with Gasteiger partial charge in [0.2, 0.25) is 0 Å². The van der Waals surface area contributed by atoms with Crippen LogP contribution in [0, 0.1) is 5.41 Å². The van der Waals surface area contributed by atoms with Crippen molar-refractivity contribution in [2.45, 2.75) is 52.2 Å². The first kappa shape index (κ1) is 29.4. The van der Waals surface area contributed by atoms with Gasteiger partial charge in [-0.3, -0.25) is 10.2 Å². The number of carbonyl (C=O) groups excluding carboxylic acids is 1. The van der Waals surface area contributed by atoms with E-state index >= 15 is 0 Å². The molecule has 0 amide bonds. The maximum Gasteiger partial charge on any atom is 0.341 e. The van der Waals surface area contributed by atoms with E-state index in [1.54, 1.807) is 17.0 Å². The van der Waals surface area contributed by atoms with Gasteiger partial charge in [0.25, 0.3) is 0 Å². The van der Waals surface area contributed by atoms with Gasteiger partial charge < -0.3 is 29.5 Å². The number of aliphatic hydroxyl groups excluding tert-OH is 1. The zero-order valence-electron chi connectivity index (χ0n) is 22.2. The lowest BCUT2D eigenvalue weighted by Crippen LogP contribution is -2.31. The fourth-order valence-corrected chi connectivity index (χ4v) is 4.86. The summed E-state index contributed by atoms with van der Waals surface area (Å²) in [6, 6.07) is 9.11. The monoisotopic (exact) mass is 589 g/mol. The standard InChI is InChI=1S/C28H35N3O6.BrH/c1-5-36-20-6-7-21-18(10-20)13-31(27(21)29)15-24(33)17-11-22(28(2,3)4)26(37-16-25(34)35)23(12-17)30-9-8-19(32)14-30;/h6-7,10-12,19,29,32H,5,8-9,13-16H2,1-4H3,(H,34,35);1H. The zero-order chi connectivity index (χ0) is 26.9. The topological polar surface area (TPSA) is 123 Å². The van der Waals surface area contributed by atoms with Gasteiger partial charge >= 0.3 is 5.97 Å². The second-order valence-corrected chi connectivity index (χ2v) is 10.6. The van der Waals surface area contributed by atoms with Crippen LogP contribution in [-0.4, -0.2) is 71.7 Å². The summed E-state index contributed by atoms with van der Waals surface area (Å²) < 4.78 is 11.4. The quantitative estimate of drug-likeness (QED) is 0.375. The number of aliphatic carboxylic acids is 1. The lowest BCUT2D eigenvalue weighted by molar-refractivity contribution is -0.139. The summed E-state index contributed by atoms with van der Waals surface area (Å²) in [5.74, 6) is 0.217. The first-order chi connectivity index (χ1) is 17.5. The van der Waals surface area contributed by atoms with Gasteiger partial charge in [-0.2, -0.15) is 0 Å². The summed E-state index contributed by atoms with van der Waals surface area (Å²) >= 11 is 0. The summed E-state index contributed by atoms with van der Waals surface area (Å²) in [5, 5.41) is 28.0. The number of carboxylic acid groups (broad SMARTS) is 1. The van der Waals surface area contributed by atoms with Crippen molar-refractivity contribution in [3.63, 3.8) is 0 Å². The summed E-state index contributed by atoms with van der Waals surface area (Å²) in [7, 11) is 0. The predicted molar refractivity (Wildman–Crippen MR) is 151 cm³/mol. The minimum Gasteiger partial charge on any atom is -0.494 e. The summed E-state index contributed by atoms with van der Waals surface area (Å²) in [6.07, 6.45) is 0.0730. The molecule has 1 unspecified atom stereocenters. The molecule has 1 fully saturated rings. The number of carboxylic acids is 1. The van der Waals surface area contributed by atoms with Crippen LogP contribution < -0.4 is 14.4 Å². The van der Waals surface area contributed by atoms with Crippen LogP contribution >= 0.6 is 17.0 Å². The van der Waals surface area contributed by atoms with Crippen molar-refractivity contribution < 1.29 is 29.3 Å². The van der Waals surface area contributed by atoms with Gasteiger partial charge in [0.05, 0.1) is 24.9 Å². The predicted octanol–water partition coefficient (Wildman–Crippen LogP) is 4.02. The molecule has 9 nitrogen and oxygen atoms in total. The van der Waals surface area contributed by atoms with Crippen molar-refractivity contribution in [2.75, 3.05) is 37.7 Å². The third-order valence-corrected chi connectivity index (χ3v) is 6.70. The minimum atomic E-state index is -1.09. The molecule has 2 aromatic carbocycles. The van der Waals surface area contributed by atoms with Crippen LogP contribution in [-0.2, 0) is 16.8 Å². The van der Waals surface area contributed by atoms with Gasteiger partial charge in [0.15, 0.2) is 12.4 Å². The van der Waals surface area contributed by atoms with Gasteiger partial charge in [-0.25, -0.2) is 4.79 Å². The molecule has 2 aliphatic rings. The Morgan fingerprint density at radius 3 is 2.50 bits per heavy atom. The number of ketones is 1. The first-order valence-corrected chi connectivity index (χ1v) is 12.6. The molecule has 38 heavy (non-hydrogen) atoms. The van der Waals surface area contributed by atoms with Gasteiger partial charge in [-0.05, 0) is 54.7 Å². The van der Waals surface area contributed by atoms with Gasteiger partial charge in [0, 0.05) is 36.3 Å². The fourth-order valence-electron chi connectivity index (χ4n) is 4.86. The van der Waals surface area contributed by atoms with Crippen LogP contribution in [0.5, 0.6) is 11.5 Å². The Morgan fingerprint density at radius 2 is 1.89 bits per heavy atom. The lowest BCUT2D eigenvalue weighted by Gasteiger charge is -2.29. The molecule has 4 rings (SSSR count). The molecule has 0 radical (unpaired) electrons. The Hall–Kier alpha value is -3.11. The van der Waals surface area contributed by atoms with Crippen LogP contribution in [0.2, 0.25) is 0 Å². The molecule has 0 saturated carbocycles. The number of anilines is 1. The molecule has 2 heterocycles. The number of ether oxygens (including phenoxy) is 2. The molecule has 1 saturated heterocycles. The van der Waals surface area contributed by atoms with E-state index in [1.807, 2.05) is 50.8 Å². The average Bonchev–Trinajstić information content (AvgIpc) is 3.39. The number of Topliss-reactive ketones (excluding diaryl/α,β-unsaturated/α-hetero) is 1. The highest BCUT2D eigenvalue weighted by molar-refractivity contribution is 8.93. The molecule has 0 spiro atoms. The maximum absolute atomic E-state index is 13.6. The Morgan fingerprint density at radius 1 is 1.16 bits per heavy atom. The molecule has 0 aliphatic carbocycles. The lowest BCUT2D eigenvalue weighted by atomic mass is 9.84. The van der Waals surface area contributed by atoms with Crippen molar-refractivity contribution in [2.24, 2.45) is 0 Å². The van der Waals surface area contributed by atoms with E-state index in [2.05, 4.69) is 0 Å². The minimum absolute atomic E-state index is 0. The van der Waals surface area contributed by atoms with Crippen molar-refractivity contribution in [3.8, 4) is 11.5 Å². The smallest absolute Gasteiger partial charge is 0.341 e. The Bertz CT molecular complexity index is 1230. The summed E-state index contributed by atoms with van der Waals surface area (Å²) in [5.41, 5.74) is 3.08. The van der Waals surface area contributed by atoms with E-state index in [4.69, 9.17) is 14.9 Å². The second-order valence-electron chi connectivity index (χ2n) is 10.6. The number of hydrogen-bond acceptors (Lipinski definition) is 7. The number of aliphatic hydroxyl groups is 1. The third kappa shape index (κ3) is 6.30. The van der Waals surface area contributed by atoms with Crippen molar-refractivity contribution in [1.29, 1.82) is 5.41 Å². The SMILES string of the molecule is Br.CCOc1ccc2c(c1)CN(CC(=O)c1cc(N3CCC(O)C3)c(OCC(=O)O)c(C(C)(C)C)c1)C2=N. The highest BCUT2D eigenvalue weighted by atomic mass is 79.9. The van der Waals surface area contributed by atoms with Crippen molar-refractivity contribution in [3.05, 3.63) is 52.6 Å². The number of carbonyl (C=O) groups is 2. The van der Waals surface area contributed by atoms with Gasteiger partial charge in [-0.1, -0.05) is 20.8 Å². The molecular formula is C28H36BrN3O6. The van der Waals surface area contributed by atoms with Crippen LogP contribution in [0.3, 0.4) is 0 Å². The number of hydrogen-bond donors (Lipinski definition) is 3. The number of benzene rings is 2. The van der Waals surface area contributed by atoms with Gasteiger partial charge in [-0.15, -0.1) is 17.0 Å². The van der Waals surface area contributed by atoms with E-state index in [9.17, 15) is 19.8 Å². The van der Waals surface area contributed by atoms with Crippen molar-refractivity contribution in [1.82, 2.24) is 4.90 Å². The molecule has 0 bridgehead atoms.